The molecule has 5 rings (SSSR count). The fourth-order valence-electron chi connectivity index (χ4n) is 4.23. The molecule has 39 heavy (non-hydrogen) atoms. The molecule has 0 aliphatic rings. The van der Waals surface area contributed by atoms with Crippen molar-refractivity contribution in [1.29, 1.82) is 0 Å². The highest BCUT2D eigenvalue weighted by Crippen LogP contribution is 2.45. The number of benzene rings is 3. The van der Waals surface area contributed by atoms with Crippen molar-refractivity contribution in [3.63, 3.8) is 0 Å². The van der Waals surface area contributed by atoms with Crippen molar-refractivity contribution >= 4 is 25.1 Å². The van der Waals surface area contributed by atoms with Crippen LogP contribution in [0.15, 0.2) is 83.7 Å². The number of H-pyrrole nitrogens is 1. The maximum absolute atomic E-state index is 13.4. The first-order chi connectivity index (χ1) is 18.4. The van der Waals surface area contributed by atoms with E-state index in [0.717, 1.165) is 23.8 Å². The molecule has 0 spiro atoms. The molecule has 8 nitrogen and oxygen atoms in total. The van der Waals surface area contributed by atoms with Gasteiger partial charge in [-0.15, -0.1) is 0 Å². The minimum absolute atomic E-state index is 0.0413. The lowest BCUT2D eigenvalue weighted by molar-refractivity contribution is -0.137. The molecule has 0 unspecified atom stereocenters. The third-order valence-corrected chi connectivity index (χ3v) is 6.53. The normalized spacial score (nSPS) is 12.2. The van der Waals surface area contributed by atoms with Crippen LogP contribution in [0, 0.1) is 0 Å². The molecule has 0 atom stereocenters. The molecule has 0 bridgehead atoms. The van der Waals surface area contributed by atoms with Gasteiger partial charge in [-0.3, -0.25) is 14.6 Å². The van der Waals surface area contributed by atoms with Crippen LogP contribution in [-0.4, -0.2) is 24.4 Å². The minimum atomic E-state index is -5.28. The average molecular weight is 576 g/mol. The smallest absolute Gasteiger partial charge is 0.404 e. The fraction of sp³-hybridized carbons (Fsp3) is 0.0769. The summed E-state index contributed by atoms with van der Waals surface area (Å²) in [5.74, 6) is -0.766. The number of hydrogen-bond acceptors (Lipinski definition) is 4. The van der Waals surface area contributed by atoms with E-state index in [4.69, 9.17) is 11.6 Å². The van der Waals surface area contributed by atoms with Crippen LogP contribution in [-0.2, 0) is 17.2 Å². The lowest BCUT2D eigenvalue weighted by Crippen LogP contribution is -2.11. The average Bonchev–Trinajstić information content (AvgIpc) is 3.20. The molecule has 0 amide bonds. The Morgan fingerprint density at radius 3 is 2.33 bits per heavy atom. The Hall–Kier alpha value is -3.89. The van der Waals surface area contributed by atoms with Gasteiger partial charge in [0.05, 0.1) is 17.0 Å². The highest BCUT2D eigenvalue weighted by Gasteiger charge is 2.33. The van der Waals surface area contributed by atoms with Crippen molar-refractivity contribution in [3.05, 3.63) is 111 Å². The van der Waals surface area contributed by atoms with Gasteiger partial charge in [0.25, 0.3) is 5.56 Å². The van der Waals surface area contributed by atoms with E-state index in [9.17, 15) is 32.3 Å². The maximum atomic E-state index is 13.4. The van der Waals surface area contributed by atoms with Crippen LogP contribution >= 0.6 is 19.4 Å². The Labute approximate surface area is 223 Å². The van der Waals surface area contributed by atoms with Crippen molar-refractivity contribution in [1.82, 2.24) is 14.6 Å². The van der Waals surface area contributed by atoms with Gasteiger partial charge in [0.15, 0.2) is 0 Å². The van der Waals surface area contributed by atoms with Gasteiger partial charge < -0.3 is 9.51 Å². The molecule has 200 valence electrons. The maximum Gasteiger partial charge on any atom is 0.524 e. The molecule has 5 aromatic rings. The summed E-state index contributed by atoms with van der Waals surface area (Å²) in [5.41, 5.74) is 0.804. The molecule has 13 heteroatoms. The molecule has 2 aromatic heterocycles. The van der Waals surface area contributed by atoms with E-state index in [-0.39, 0.29) is 16.9 Å². The predicted molar refractivity (Wildman–Crippen MR) is 139 cm³/mol. The molecule has 2 heterocycles. The molecule has 0 aliphatic heterocycles. The van der Waals surface area contributed by atoms with Crippen molar-refractivity contribution in [3.8, 4) is 28.1 Å². The van der Waals surface area contributed by atoms with Crippen LogP contribution < -0.4 is 10.1 Å². The third kappa shape index (κ3) is 5.76. The van der Waals surface area contributed by atoms with Crippen LogP contribution in [0.1, 0.15) is 16.8 Å². The molecule has 0 fully saturated rings. The van der Waals surface area contributed by atoms with E-state index in [0.29, 0.717) is 34.3 Å². The van der Waals surface area contributed by atoms with Gasteiger partial charge in [0.2, 0.25) is 0 Å². The Bertz CT molecular complexity index is 1780. The van der Waals surface area contributed by atoms with Gasteiger partial charge in [-0.1, -0.05) is 54.1 Å². The summed E-state index contributed by atoms with van der Waals surface area (Å²) in [6, 6.07) is 19.4. The van der Waals surface area contributed by atoms with Gasteiger partial charge in [-0.05, 0) is 41.5 Å². The number of nitrogens with one attached hydrogen (secondary N) is 1. The van der Waals surface area contributed by atoms with Crippen molar-refractivity contribution in [2.75, 3.05) is 0 Å². The Morgan fingerprint density at radius 2 is 1.69 bits per heavy atom. The van der Waals surface area contributed by atoms with Gasteiger partial charge in [0.1, 0.15) is 11.4 Å². The van der Waals surface area contributed by atoms with E-state index >= 15 is 0 Å². The summed E-state index contributed by atoms with van der Waals surface area (Å²) < 4.78 is 57.8. The number of aromatic amines is 1. The Balaban J connectivity index is 1.80. The number of nitrogens with zero attached hydrogens (tertiary/aromatic N) is 2. The standard InChI is InChI=1S/C26H18ClF3N3O5P/c27-18-9-6-16(7-10-18)24-20(12-15-4-2-1-3-5-15)32-33-21(14-23(34)31-25(24)33)19-11-8-17(26(28,29)30)13-22(19)38-39(35,36)37/h1-11,13-14H,12H2,(H,31,34)(H2,35,36,37). The molecular formula is C26H18ClF3N3O5P. The van der Waals surface area contributed by atoms with Gasteiger partial charge in [-0.2, -0.15) is 18.3 Å². The van der Waals surface area contributed by atoms with Gasteiger partial charge in [0, 0.05) is 28.6 Å². The molecule has 0 aliphatic carbocycles. The summed E-state index contributed by atoms with van der Waals surface area (Å²) in [6.07, 6.45) is -4.48. The lowest BCUT2D eigenvalue weighted by atomic mass is 10.0. The second kappa shape index (κ2) is 10.0. The number of phosphoric acid groups is 1. The van der Waals surface area contributed by atoms with Crippen LogP contribution in [0.3, 0.4) is 0 Å². The zero-order valence-corrected chi connectivity index (χ0v) is 21.3. The van der Waals surface area contributed by atoms with E-state index in [1.54, 1.807) is 24.3 Å². The number of aromatic nitrogens is 3. The van der Waals surface area contributed by atoms with E-state index in [1.807, 2.05) is 30.3 Å². The van der Waals surface area contributed by atoms with Gasteiger partial charge >= 0.3 is 14.0 Å². The molecule has 3 N–H and O–H groups in total. The van der Waals surface area contributed by atoms with E-state index < -0.39 is 30.9 Å². The largest absolute Gasteiger partial charge is 0.524 e. The number of phosphoric ester groups is 1. The van der Waals surface area contributed by atoms with Crippen LogP contribution in [0.25, 0.3) is 28.0 Å². The van der Waals surface area contributed by atoms with Crippen molar-refractivity contribution < 1.29 is 32.0 Å². The molecule has 0 saturated heterocycles. The summed E-state index contributed by atoms with van der Waals surface area (Å²) in [6.45, 7) is 0. The van der Waals surface area contributed by atoms with Crippen LogP contribution in [0.2, 0.25) is 5.02 Å². The molecule has 0 radical (unpaired) electrons. The second-order valence-corrected chi connectivity index (χ2v) is 10.2. The number of fused-ring (bicyclic) bond motifs is 1. The topological polar surface area (TPSA) is 117 Å². The first-order valence-electron chi connectivity index (χ1n) is 11.3. The number of halogens is 4. The summed E-state index contributed by atoms with van der Waals surface area (Å²) in [4.78, 5) is 34.3. The summed E-state index contributed by atoms with van der Waals surface area (Å²) in [5, 5.41) is 5.16. The first-order valence-corrected chi connectivity index (χ1v) is 13.2. The number of alkyl halides is 3. The summed E-state index contributed by atoms with van der Waals surface area (Å²) >= 11 is 6.07. The van der Waals surface area contributed by atoms with Crippen LogP contribution in [0.4, 0.5) is 13.2 Å². The Morgan fingerprint density at radius 1 is 1.00 bits per heavy atom. The number of hydrogen-bond donors (Lipinski definition) is 3. The molecular weight excluding hydrogens is 558 g/mol. The second-order valence-electron chi connectivity index (χ2n) is 8.56. The van der Waals surface area contributed by atoms with Crippen molar-refractivity contribution in [2.45, 2.75) is 12.6 Å². The number of rotatable bonds is 6. The highest BCUT2D eigenvalue weighted by atomic mass is 35.5. The van der Waals surface area contributed by atoms with E-state index in [2.05, 4.69) is 14.6 Å². The zero-order valence-electron chi connectivity index (χ0n) is 19.7. The lowest BCUT2D eigenvalue weighted by Gasteiger charge is -2.15. The SMILES string of the molecule is O=c1cc(-c2ccc(C(F)(F)F)cc2OP(=O)(O)O)n2nc(Cc3ccccc3)c(-c3ccc(Cl)cc3)c2[nH]1. The highest BCUT2D eigenvalue weighted by molar-refractivity contribution is 7.46. The summed E-state index contributed by atoms with van der Waals surface area (Å²) in [7, 11) is -5.28. The first kappa shape index (κ1) is 26.7. The van der Waals surface area contributed by atoms with Crippen molar-refractivity contribution in [2.24, 2.45) is 0 Å². The van der Waals surface area contributed by atoms with Gasteiger partial charge in [-0.25, -0.2) is 9.08 Å². The quantitative estimate of drug-likeness (QED) is 0.211. The predicted octanol–water partition coefficient (Wildman–Crippen LogP) is 6.09. The minimum Gasteiger partial charge on any atom is -0.404 e. The zero-order chi connectivity index (χ0) is 27.9. The fourth-order valence-corrected chi connectivity index (χ4v) is 4.76. The molecule has 0 saturated carbocycles. The van der Waals surface area contributed by atoms with E-state index in [1.165, 1.54) is 4.52 Å². The molecule has 3 aromatic carbocycles. The monoisotopic (exact) mass is 575 g/mol. The Kier molecular flexibility index (Phi) is 6.86. The van der Waals surface area contributed by atoms with Crippen LogP contribution in [0.5, 0.6) is 5.75 Å². The third-order valence-electron chi connectivity index (χ3n) is 5.84.